The molecule has 0 aliphatic rings. The molecule has 100 valence electrons. The summed E-state index contributed by atoms with van der Waals surface area (Å²) >= 11 is 1.83. The summed E-state index contributed by atoms with van der Waals surface area (Å²) in [6.45, 7) is 2.76. The average Bonchev–Trinajstić information content (AvgIpc) is 2.38. The number of likely N-dealkylation sites (N-methyl/N-ethyl adjacent to an activating group) is 1. The summed E-state index contributed by atoms with van der Waals surface area (Å²) < 4.78 is 0. The number of hydrogen-bond donors (Lipinski definition) is 1. The topological polar surface area (TPSA) is 40.5 Å². The molecule has 0 aliphatic carbocycles. The summed E-state index contributed by atoms with van der Waals surface area (Å²) in [5.74, 6) is 1.08. The first-order valence-electron chi connectivity index (χ1n) is 6.24. The van der Waals surface area contributed by atoms with Crippen molar-refractivity contribution in [1.82, 2.24) is 4.90 Å². The lowest BCUT2D eigenvalue weighted by atomic mass is 10.1. The van der Waals surface area contributed by atoms with Crippen LogP contribution < -0.4 is 0 Å². The lowest BCUT2D eigenvalue weighted by Crippen LogP contribution is -2.29. The number of thioether (sulfide) groups is 1. The largest absolute Gasteiger partial charge is 0.396 e. The van der Waals surface area contributed by atoms with Gasteiger partial charge < -0.3 is 10.0 Å². The monoisotopic (exact) mass is 267 g/mol. The number of nitrogens with zero attached hydrogens (tertiary/aromatic N) is 1. The van der Waals surface area contributed by atoms with Crippen molar-refractivity contribution in [3.63, 3.8) is 0 Å². The number of carbonyl (C=O) groups is 1. The first-order valence-corrected chi connectivity index (χ1v) is 7.22. The molecule has 0 bridgehead atoms. The maximum absolute atomic E-state index is 11.5. The molecule has 0 heterocycles. The van der Waals surface area contributed by atoms with Crippen molar-refractivity contribution >= 4 is 17.7 Å². The zero-order chi connectivity index (χ0) is 13.4. The van der Waals surface area contributed by atoms with Gasteiger partial charge >= 0.3 is 0 Å². The van der Waals surface area contributed by atoms with E-state index in [4.69, 9.17) is 5.11 Å². The minimum Gasteiger partial charge on any atom is -0.396 e. The Morgan fingerprint density at radius 3 is 2.56 bits per heavy atom. The Morgan fingerprint density at radius 2 is 2.00 bits per heavy atom. The van der Waals surface area contributed by atoms with Crippen LogP contribution in [0.1, 0.15) is 18.9 Å². The minimum absolute atomic E-state index is 0.00402. The molecular formula is C14H21NO2S. The van der Waals surface area contributed by atoms with Crippen LogP contribution in [-0.2, 0) is 11.2 Å². The summed E-state index contributed by atoms with van der Waals surface area (Å²) in [6.07, 6.45) is 1.06. The molecule has 0 radical (unpaired) electrons. The Balaban J connectivity index is 2.41. The minimum atomic E-state index is -0.0773. The molecule has 0 aliphatic heterocycles. The lowest BCUT2D eigenvalue weighted by Gasteiger charge is -2.16. The van der Waals surface area contributed by atoms with E-state index in [0.717, 1.165) is 12.2 Å². The average molecular weight is 267 g/mol. The first kappa shape index (κ1) is 15.1. The predicted molar refractivity (Wildman–Crippen MR) is 75.9 cm³/mol. The second-order valence-electron chi connectivity index (χ2n) is 4.12. The quantitative estimate of drug-likeness (QED) is 0.770. The van der Waals surface area contributed by atoms with E-state index >= 15 is 0 Å². The molecular weight excluding hydrogens is 246 g/mol. The number of benzene rings is 1. The third-order valence-electron chi connectivity index (χ3n) is 2.72. The number of aliphatic hydroxyl groups excluding tert-OH is 1. The number of carbonyl (C=O) groups excluding carboxylic acids is 1. The SMILES string of the molecule is CCSc1ccc(CCN(C)C(=O)CCO)cc1. The van der Waals surface area contributed by atoms with Crippen molar-refractivity contribution in [3.05, 3.63) is 29.8 Å². The van der Waals surface area contributed by atoms with Crippen LogP contribution in [0.25, 0.3) is 0 Å². The number of amides is 1. The van der Waals surface area contributed by atoms with Crippen LogP contribution in [0.2, 0.25) is 0 Å². The molecule has 1 amide bonds. The number of hydrogen-bond acceptors (Lipinski definition) is 3. The van der Waals surface area contributed by atoms with Gasteiger partial charge in [-0.1, -0.05) is 19.1 Å². The van der Waals surface area contributed by atoms with Gasteiger partial charge in [0.2, 0.25) is 5.91 Å². The van der Waals surface area contributed by atoms with E-state index in [9.17, 15) is 4.79 Å². The second-order valence-corrected chi connectivity index (χ2v) is 5.45. The van der Waals surface area contributed by atoms with Crippen LogP contribution in [0, 0.1) is 0 Å². The Labute approximate surface area is 113 Å². The van der Waals surface area contributed by atoms with E-state index < -0.39 is 0 Å². The molecule has 0 saturated heterocycles. The van der Waals surface area contributed by atoms with E-state index in [2.05, 4.69) is 31.2 Å². The van der Waals surface area contributed by atoms with Gasteiger partial charge in [-0.15, -0.1) is 11.8 Å². The van der Waals surface area contributed by atoms with E-state index in [-0.39, 0.29) is 18.9 Å². The molecule has 18 heavy (non-hydrogen) atoms. The molecule has 1 aromatic carbocycles. The maximum Gasteiger partial charge on any atom is 0.224 e. The number of rotatable bonds is 7. The van der Waals surface area contributed by atoms with Crippen molar-refractivity contribution in [2.45, 2.75) is 24.7 Å². The third kappa shape index (κ3) is 5.10. The normalized spacial score (nSPS) is 10.4. The highest BCUT2D eigenvalue weighted by atomic mass is 32.2. The van der Waals surface area contributed by atoms with E-state index in [1.165, 1.54) is 10.5 Å². The van der Waals surface area contributed by atoms with Crippen LogP contribution in [0.5, 0.6) is 0 Å². The van der Waals surface area contributed by atoms with Gasteiger partial charge in [-0.2, -0.15) is 0 Å². The van der Waals surface area contributed by atoms with E-state index in [0.29, 0.717) is 6.54 Å². The van der Waals surface area contributed by atoms with Gasteiger partial charge in [0.05, 0.1) is 6.61 Å². The van der Waals surface area contributed by atoms with Crippen molar-refractivity contribution < 1.29 is 9.90 Å². The van der Waals surface area contributed by atoms with Crippen LogP contribution in [0.3, 0.4) is 0 Å². The van der Waals surface area contributed by atoms with E-state index in [1.807, 2.05) is 11.8 Å². The second kappa shape index (κ2) is 8.16. The highest BCUT2D eigenvalue weighted by molar-refractivity contribution is 7.99. The van der Waals surface area contributed by atoms with Gasteiger partial charge in [0.15, 0.2) is 0 Å². The fraction of sp³-hybridized carbons (Fsp3) is 0.500. The van der Waals surface area contributed by atoms with Gasteiger partial charge in [0, 0.05) is 24.9 Å². The van der Waals surface area contributed by atoms with E-state index in [1.54, 1.807) is 11.9 Å². The lowest BCUT2D eigenvalue weighted by molar-refractivity contribution is -0.130. The Morgan fingerprint density at radius 1 is 1.33 bits per heavy atom. The Kier molecular flexibility index (Phi) is 6.83. The van der Waals surface area contributed by atoms with Gasteiger partial charge in [0.25, 0.3) is 0 Å². The summed E-state index contributed by atoms with van der Waals surface area (Å²) in [7, 11) is 1.78. The van der Waals surface area contributed by atoms with Gasteiger partial charge in [0.1, 0.15) is 0 Å². The molecule has 1 rings (SSSR count). The smallest absolute Gasteiger partial charge is 0.224 e. The molecule has 4 heteroatoms. The van der Waals surface area contributed by atoms with Gasteiger partial charge in [-0.05, 0) is 29.9 Å². The summed E-state index contributed by atoms with van der Waals surface area (Å²) in [5, 5.41) is 8.70. The van der Waals surface area contributed by atoms with Crippen molar-refractivity contribution in [1.29, 1.82) is 0 Å². The summed E-state index contributed by atoms with van der Waals surface area (Å²) in [5.41, 5.74) is 1.24. The van der Waals surface area contributed by atoms with Crippen molar-refractivity contribution in [2.75, 3.05) is 26.0 Å². The highest BCUT2D eigenvalue weighted by Gasteiger charge is 2.07. The summed E-state index contributed by atoms with van der Waals surface area (Å²) in [4.78, 5) is 14.4. The van der Waals surface area contributed by atoms with Crippen LogP contribution in [0.4, 0.5) is 0 Å². The zero-order valence-corrected chi connectivity index (χ0v) is 11.9. The van der Waals surface area contributed by atoms with Gasteiger partial charge in [-0.3, -0.25) is 4.79 Å². The third-order valence-corrected chi connectivity index (χ3v) is 3.62. The van der Waals surface area contributed by atoms with Crippen LogP contribution >= 0.6 is 11.8 Å². The zero-order valence-electron chi connectivity index (χ0n) is 11.1. The number of aliphatic hydroxyl groups is 1. The molecule has 0 spiro atoms. The molecule has 0 atom stereocenters. The van der Waals surface area contributed by atoms with Crippen molar-refractivity contribution in [2.24, 2.45) is 0 Å². The fourth-order valence-electron chi connectivity index (χ4n) is 1.63. The van der Waals surface area contributed by atoms with Gasteiger partial charge in [-0.25, -0.2) is 0 Å². The first-order chi connectivity index (χ1) is 8.67. The molecule has 0 aromatic heterocycles. The van der Waals surface area contributed by atoms with Crippen LogP contribution in [-0.4, -0.2) is 41.9 Å². The van der Waals surface area contributed by atoms with Crippen molar-refractivity contribution in [3.8, 4) is 0 Å². The summed E-state index contributed by atoms with van der Waals surface area (Å²) in [6, 6.07) is 8.47. The standard InChI is InChI=1S/C14H21NO2S/c1-3-18-13-6-4-12(5-7-13)8-10-15(2)14(17)9-11-16/h4-7,16H,3,8-11H2,1-2H3. The Bertz CT molecular complexity index is 365. The Hall–Kier alpha value is -1.00. The molecule has 1 aromatic rings. The maximum atomic E-state index is 11.5. The highest BCUT2D eigenvalue weighted by Crippen LogP contribution is 2.17. The molecule has 0 saturated carbocycles. The predicted octanol–water partition coefficient (Wildman–Crippen LogP) is 2.18. The van der Waals surface area contributed by atoms with Crippen LogP contribution in [0.15, 0.2) is 29.2 Å². The molecule has 0 fully saturated rings. The molecule has 1 N–H and O–H groups in total. The molecule has 3 nitrogen and oxygen atoms in total. The molecule has 0 unspecified atom stereocenters. The fourth-order valence-corrected chi connectivity index (χ4v) is 2.29.